The minimum Gasteiger partial charge on any atom is -0.251 e. The molecule has 0 radical (unpaired) electrons. The van der Waals surface area contributed by atoms with Crippen LogP contribution in [0.15, 0.2) is 36.5 Å². The molecular weight excluding hydrogens is 319 g/mol. The maximum Gasteiger partial charge on any atom is 0.433 e. The van der Waals surface area contributed by atoms with E-state index < -0.39 is 17.9 Å². The van der Waals surface area contributed by atoms with Crippen LogP contribution >= 0.6 is 0 Å². The number of pyridine rings is 1. The van der Waals surface area contributed by atoms with E-state index in [2.05, 4.69) is 27.4 Å². The third kappa shape index (κ3) is 3.23. The van der Waals surface area contributed by atoms with E-state index >= 15 is 0 Å². The van der Waals surface area contributed by atoms with Crippen molar-refractivity contribution in [3.8, 4) is 17.2 Å². The molecule has 3 N–H and O–H groups in total. The van der Waals surface area contributed by atoms with Gasteiger partial charge >= 0.3 is 6.18 Å². The van der Waals surface area contributed by atoms with Crippen LogP contribution in [-0.4, -0.2) is 11.0 Å². The van der Waals surface area contributed by atoms with Crippen molar-refractivity contribution < 1.29 is 13.2 Å². The topological polar surface area (TPSA) is 72.8 Å². The Bertz CT molecular complexity index is 780. The molecule has 2 unspecified atom stereocenters. The number of aromatic nitrogens is 1. The number of nitrogens with one attached hydrogen (secondary N) is 3. The Kier molecular flexibility index (Phi) is 4.24. The van der Waals surface area contributed by atoms with Crippen molar-refractivity contribution in [2.75, 3.05) is 0 Å². The summed E-state index contributed by atoms with van der Waals surface area (Å²) in [6, 6.07) is 9.42. The van der Waals surface area contributed by atoms with Crippen molar-refractivity contribution in [1.29, 1.82) is 5.26 Å². The SMILES string of the molecule is Cc1cc(-c2ccc(C(F)(F)F)nc2)cc(C2NNNC2C#N)c1. The Morgan fingerprint density at radius 1 is 1.12 bits per heavy atom. The number of nitriles is 1. The average Bonchev–Trinajstić information content (AvgIpc) is 3.02. The first kappa shape index (κ1) is 16.4. The van der Waals surface area contributed by atoms with Crippen molar-refractivity contribution in [1.82, 2.24) is 21.4 Å². The van der Waals surface area contributed by atoms with Gasteiger partial charge < -0.3 is 0 Å². The van der Waals surface area contributed by atoms with E-state index in [1.165, 1.54) is 12.3 Å². The second kappa shape index (κ2) is 6.20. The number of hydrogen-bond donors (Lipinski definition) is 3. The van der Waals surface area contributed by atoms with Crippen LogP contribution in [-0.2, 0) is 6.18 Å². The standard InChI is InChI=1S/C16H14F3N5/c1-9-4-11(10-2-3-14(21-8-10)16(17,18)19)6-12(5-9)15-13(7-20)22-24-23-15/h2-6,8,13,15,22-24H,1H3. The van der Waals surface area contributed by atoms with Gasteiger partial charge in [0.15, 0.2) is 0 Å². The highest BCUT2D eigenvalue weighted by Gasteiger charge is 2.32. The molecule has 5 nitrogen and oxygen atoms in total. The number of hydrogen-bond acceptors (Lipinski definition) is 5. The molecule has 2 heterocycles. The molecule has 0 saturated carbocycles. The van der Waals surface area contributed by atoms with Crippen molar-refractivity contribution >= 4 is 0 Å². The van der Waals surface area contributed by atoms with E-state index in [4.69, 9.17) is 5.26 Å². The van der Waals surface area contributed by atoms with Crippen LogP contribution in [0.1, 0.15) is 22.9 Å². The van der Waals surface area contributed by atoms with Crippen LogP contribution < -0.4 is 16.4 Å². The molecular formula is C16H14F3N5. The van der Waals surface area contributed by atoms with E-state index in [0.29, 0.717) is 5.56 Å². The molecule has 0 amide bonds. The molecule has 124 valence electrons. The molecule has 1 saturated heterocycles. The molecule has 8 heteroatoms. The molecule has 3 rings (SSSR count). The second-order valence-electron chi connectivity index (χ2n) is 5.56. The van der Waals surface area contributed by atoms with Crippen LogP contribution in [0.4, 0.5) is 13.2 Å². The predicted molar refractivity (Wildman–Crippen MR) is 81.0 cm³/mol. The van der Waals surface area contributed by atoms with E-state index in [9.17, 15) is 13.2 Å². The number of hydrazine groups is 2. The summed E-state index contributed by atoms with van der Waals surface area (Å²) >= 11 is 0. The van der Waals surface area contributed by atoms with Crippen LogP contribution in [0.25, 0.3) is 11.1 Å². The number of benzene rings is 1. The number of aryl methyl sites for hydroxylation is 1. The molecule has 1 aliphatic rings. The molecule has 2 atom stereocenters. The van der Waals surface area contributed by atoms with Gasteiger partial charge in [0.05, 0.1) is 12.1 Å². The number of nitrogens with zero attached hydrogens (tertiary/aromatic N) is 2. The van der Waals surface area contributed by atoms with Crippen LogP contribution in [0, 0.1) is 18.3 Å². The zero-order valence-electron chi connectivity index (χ0n) is 12.6. The Balaban J connectivity index is 1.96. The largest absolute Gasteiger partial charge is 0.433 e. The summed E-state index contributed by atoms with van der Waals surface area (Å²) in [5.74, 6) is 0. The van der Waals surface area contributed by atoms with E-state index in [-0.39, 0.29) is 6.04 Å². The first-order chi connectivity index (χ1) is 11.4. The van der Waals surface area contributed by atoms with E-state index in [1.807, 2.05) is 25.1 Å². The van der Waals surface area contributed by atoms with Gasteiger partial charge in [-0.15, -0.1) is 0 Å². The lowest BCUT2D eigenvalue weighted by Crippen LogP contribution is -2.32. The van der Waals surface area contributed by atoms with E-state index in [0.717, 1.165) is 22.8 Å². The lowest BCUT2D eigenvalue weighted by atomic mass is 9.95. The third-order valence-corrected chi connectivity index (χ3v) is 3.77. The summed E-state index contributed by atoms with van der Waals surface area (Å²) < 4.78 is 37.9. The Labute approximate surface area is 136 Å². The van der Waals surface area contributed by atoms with E-state index in [1.54, 1.807) is 0 Å². The molecule has 1 aromatic heterocycles. The molecule has 0 bridgehead atoms. The van der Waals surface area contributed by atoms with Gasteiger partial charge in [-0.1, -0.05) is 23.8 Å². The highest BCUT2D eigenvalue weighted by atomic mass is 19.4. The van der Waals surface area contributed by atoms with Gasteiger partial charge in [-0.05, 0) is 30.2 Å². The van der Waals surface area contributed by atoms with Crippen molar-refractivity contribution in [3.63, 3.8) is 0 Å². The van der Waals surface area contributed by atoms with Crippen LogP contribution in [0.2, 0.25) is 0 Å². The molecule has 0 spiro atoms. The van der Waals surface area contributed by atoms with Gasteiger partial charge in [-0.2, -0.15) is 24.0 Å². The Hall–Kier alpha value is -2.47. The lowest BCUT2D eigenvalue weighted by Gasteiger charge is -2.15. The zero-order chi connectivity index (χ0) is 17.3. The number of rotatable bonds is 2. The first-order valence-electron chi connectivity index (χ1n) is 7.19. The Morgan fingerprint density at radius 3 is 2.54 bits per heavy atom. The second-order valence-corrected chi connectivity index (χ2v) is 5.56. The number of halogens is 3. The van der Waals surface area contributed by atoms with Gasteiger partial charge in [0, 0.05) is 11.8 Å². The summed E-state index contributed by atoms with van der Waals surface area (Å²) in [6.45, 7) is 1.89. The minimum atomic E-state index is -4.46. The van der Waals surface area contributed by atoms with Gasteiger partial charge in [0.1, 0.15) is 11.7 Å². The monoisotopic (exact) mass is 333 g/mol. The van der Waals surface area contributed by atoms with Gasteiger partial charge in [-0.25, -0.2) is 10.9 Å². The summed E-state index contributed by atoms with van der Waals surface area (Å²) in [7, 11) is 0. The zero-order valence-corrected chi connectivity index (χ0v) is 12.6. The van der Waals surface area contributed by atoms with Crippen LogP contribution in [0.5, 0.6) is 0 Å². The molecule has 24 heavy (non-hydrogen) atoms. The normalized spacial score (nSPS) is 20.8. The fraction of sp³-hybridized carbons (Fsp3) is 0.250. The van der Waals surface area contributed by atoms with Crippen molar-refractivity contribution in [2.45, 2.75) is 25.2 Å². The first-order valence-corrected chi connectivity index (χ1v) is 7.19. The summed E-state index contributed by atoms with van der Waals surface area (Å²) in [5, 5.41) is 9.15. The quantitative estimate of drug-likeness (QED) is 0.788. The van der Waals surface area contributed by atoms with Gasteiger partial charge in [0.25, 0.3) is 0 Å². The maximum absolute atomic E-state index is 12.6. The van der Waals surface area contributed by atoms with Crippen molar-refractivity contribution in [2.24, 2.45) is 0 Å². The molecule has 1 fully saturated rings. The maximum atomic E-state index is 12.6. The minimum absolute atomic E-state index is 0.268. The highest BCUT2D eigenvalue weighted by molar-refractivity contribution is 5.64. The highest BCUT2D eigenvalue weighted by Crippen LogP contribution is 2.30. The summed E-state index contributed by atoms with van der Waals surface area (Å²) in [6.07, 6.45) is -3.25. The lowest BCUT2D eigenvalue weighted by molar-refractivity contribution is -0.141. The van der Waals surface area contributed by atoms with Gasteiger partial charge in [-0.3, -0.25) is 4.98 Å². The smallest absolute Gasteiger partial charge is 0.251 e. The molecule has 1 aromatic carbocycles. The average molecular weight is 333 g/mol. The summed E-state index contributed by atoms with van der Waals surface area (Å²) in [4.78, 5) is 3.50. The Morgan fingerprint density at radius 2 is 1.92 bits per heavy atom. The van der Waals surface area contributed by atoms with Gasteiger partial charge in [0.2, 0.25) is 0 Å². The fourth-order valence-electron chi connectivity index (χ4n) is 2.64. The summed E-state index contributed by atoms with van der Waals surface area (Å²) in [5.41, 5.74) is 10.7. The molecule has 2 aromatic rings. The predicted octanol–water partition coefficient (Wildman–Crippen LogP) is 2.62. The third-order valence-electron chi connectivity index (χ3n) is 3.77. The molecule has 1 aliphatic heterocycles. The molecule has 0 aliphatic carbocycles. The number of alkyl halides is 3. The fourth-order valence-corrected chi connectivity index (χ4v) is 2.64. The van der Waals surface area contributed by atoms with Crippen LogP contribution in [0.3, 0.4) is 0 Å². The van der Waals surface area contributed by atoms with Crippen molar-refractivity contribution in [3.05, 3.63) is 53.3 Å².